The summed E-state index contributed by atoms with van der Waals surface area (Å²) in [5.74, 6) is -2.06. The van der Waals surface area contributed by atoms with Crippen molar-refractivity contribution in [2.24, 2.45) is 11.8 Å². The van der Waals surface area contributed by atoms with Crippen molar-refractivity contribution in [2.45, 2.75) is 25.4 Å². The number of carbonyl (C=O) groups is 3. The maximum Gasteiger partial charge on any atom is 0.312 e. The van der Waals surface area contributed by atoms with Gasteiger partial charge in [0.1, 0.15) is 11.3 Å². The maximum absolute atomic E-state index is 13.9. The number of hydrogen-bond donors (Lipinski definition) is 1. The number of nitrogens with zero attached hydrogens (tertiary/aromatic N) is 1. The van der Waals surface area contributed by atoms with Crippen LogP contribution in [0.15, 0.2) is 42.5 Å². The molecule has 8 heteroatoms. The van der Waals surface area contributed by atoms with Crippen molar-refractivity contribution >= 4 is 35.1 Å². The molecule has 2 aromatic rings. The number of halogens is 1. The molecule has 3 aliphatic heterocycles. The Morgan fingerprint density at radius 2 is 2.06 bits per heavy atom. The molecule has 3 heterocycles. The van der Waals surface area contributed by atoms with Crippen LogP contribution in [0.1, 0.15) is 35.8 Å². The van der Waals surface area contributed by atoms with Gasteiger partial charge < -0.3 is 19.7 Å². The lowest BCUT2D eigenvalue weighted by atomic mass is 9.77. The first-order valence-electron chi connectivity index (χ1n) is 10.2. The molecule has 7 nitrogen and oxygen atoms in total. The lowest BCUT2D eigenvalue weighted by Gasteiger charge is -2.38. The summed E-state index contributed by atoms with van der Waals surface area (Å²) in [7, 11) is 0. The van der Waals surface area contributed by atoms with E-state index in [-0.39, 0.29) is 19.1 Å². The highest BCUT2D eigenvalue weighted by molar-refractivity contribution is 6.30. The van der Waals surface area contributed by atoms with E-state index in [1.807, 2.05) is 0 Å². The van der Waals surface area contributed by atoms with Gasteiger partial charge >= 0.3 is 5.97 Å². The normalized spacial score (nSPS) is 28.4. The number of nitrogens with one attached hydrogen (secondary N) is 1. The minimum absolute atomic E-state index is 0.169. The molecule has 2 aromatic carbocycles. The fourth-order valence-electron chi connectivity index (χ4n) is 5.24. The van der Waals surface area contributed by atoms with Crippen LogP contribution < -0.4 is 10.1 Å². The van der Waals surface area contributed by atoms with Crippen LogP contribution in [0.5, 0.6) is 5.75 Å². The molecule has 0 saturated carbocycles. The maximum atomic E-state index is 13.9. The molecular weight excluding hydrogens is 420 g/mol. The van der Waals surface area contributed by atoms with E-state index >= 15 is 0 Å². The third-order valence-corrected chi connectivity index (χ3v) is 6.80. The molecule has 5 rings (SSSR count). The van der Waals surface area contributed by atoms with Gasteiger partial charge in [0.25, 0.3) is 11.8 Å². The average Bonchev–Trinajstić information content (AvgIpc) is 2.99. The van der Waals surface area contributed by atoms with Crippen molar-refractivity contribution in [3.05, 3.63) is 58.6 Å². The smallest absolute Gasteiger partial charge is 0.312 e. The number of carbonyl (C=O) groups excluding carboxylic acids is 3. The molecule has 31 heavy (non-hydrogen) atoms. The van der Waals surface area contributed by atoms with Gasteiger partial charge in [0.05, 0.1) is 36.4 Å². The highest BCUT2D eigenvalue weighted by atomic mass is 35.5. The van der Waals surface area contributed by atoms with Gasteiger partial charge in [-0.15, -0.1) is 0 Å². The number of para-hydroxylation sites is 1. The molecule has 3 aliphatic rings. The molecule has 0 bridgehead atoms. The molecular formula is C23H21ClN2O5. The zero-order chi connectivity index (χ0) is 21.9. The number of amides is 2. The average molecular weight is 441 g/mol. The van der Waals surface area contributed by atoms with E-state index in [0.717, 1.165) is 0 Å². The molecule has 0 unspecified atom stereocenters. The van der Waals surface area contributed by atoms with Gasteiger partial charge in [-0.1, -0.05) is 23.7 Å². The molecule has 1 saturated heterocycles. The van der Waals surface area contributed by atoms with E-state index < -0.39 is 35.3 Å². The summed E-state index contributed by atoms with van der Waals surface area (Å²) in [5, 5.41) is 3.34. The Hall–Kier alpha value is -3.06. The van der Waals surface area contributed by atoms with E-state index in [9.17, 15) is 14.4 Å². The summed E-state index contributed by atoms with van der Waals surface area (Å²) in [4.78, 5) is 42.1. The SMILES string of the molecule is CCOC(=O)[C@H]1[C@H]2COc3ccc(Cl)cc3[C@@H]2N2C(=O)c3ccccc3NC(=O)[C@@]12C. The lowest BCUT2D eigenvalue weighted by molar-refractivity contribution is -0.155. The van der Waals surface area contributed by atoms with Crippen molar-refractivity contribution in [3.8, 4) is 5.75 Å². The molecule has 160 valence electrons. The van der Waals surface area contributed by atoms with E-state index in [4.69, 9.17) is 21.1 Å². The largest absolute Gasteiger partial charge is 0.493 e. The summed E-state index contributed by atoms with van der Waals surface area (Å²) in [6.45, 7) is 3.69. The highest BCUT2D eigenvalue weighted by Gasteiger charge is 2.67. The van der Waals surface area contributed by atoms with Gasteiger partial charge in [0.15, 0.2) is 0 Å². The number of esters is 1. The third-order valence-electron chi connectivity index (χ3n) is 6.56. The second kappa shape index (κ2) is 6.99. The first kappa shape index (κ1) is 19.9. The van der Waals surface area contributed by atoms with Gasteiger partial charge in [-0.3, -0.25) is 14.4 Å². The van der Waals surface area contributed by atoms with Crippen LogP contribution in [-0.4, -0.2) is 41.4 Å². The van der Waals surface area contributed by atoms with Crippen LogP contribution >= 0.6 is 11.6 Å². The van der Waals surface area contributed by atoms with Gasteiger partial charge in [-0.05, 0) is 44.2 Å². The summed E-state index contributed by atoms with van der Waals surface area (Å²) >= 11 is 6.27. The number of fused-ring (bicyclic) bond motifs is 6. The fraction of sp³-hybridized carbons (Fsp3) is 0.348. The summed E-state index contributed by atoms with van der Waals surface area (Å²) in [6.07, 6.45) is 0. The van der Waals surface area contributed by atoms with Crippen LogP contribution in [0.4, 0.5) is 5.69 Å². The highest BCUT2D eigenvalue weighted by Crippen LogP contribution is 2.57. The topological polar surface area (TPSA) is 84.9 Å². The van der Waals surface area contributed by atoms with E-state index in [2.05, 4.69) is 5.32 Å². The Morgan fingerprint density at radius 1 is 1.29 bits per heavy atom. The van der Waals surface area contributed by atoms with Gasteiger partial charge in [0, 0.05) is 16.5 Å². The van der Waals surface area contributed by atoms with Crippen molar-refractivity contribution in [2.75, 3.05) is 18.5 Å². The van der Waals surface area contributed by atoms with Crippen molar-refractivity contribution < 1.29 is 23.9 Å². The van der Waals surface area contributed by atoms with Gasteiger partial charge in [0.2, 0.25) is 0 Å². The zero-order valence-corrected chi connectivity index (χ0v) is 17.8. The number of rotatable bonds is 2. The molecule has 0 radical (unpaired) electrons. The Balaban J connectivity index is 1.76. The van der Waals surface area contributed by atoms with Crippen molar-refractivity contribution in [3.63, 3.8) is 0 Å². The number of anilines is 1. The standard InChI is InChI=1S/C23H21ClN2O5/c1-3-30-21(28)18-15-11-31-17-9-8-12(24)10-14(17)19(15)26-20(27)13-6-4-5-7-16(13)25-22(29)23(18,26)2/h4-10,15,18-19H,3,11H2,1-2H3,(H,25,29)/t15-,18-,19+,23-/m1/s1. The predicted molar refractivity (Wildman–Crippen MR) is 113 cm³/mol. The van der Waals surface area contributed by atoms with Gasteiger partial charge in [-0.25, -0.2) is 0 Å². The minimum Gasteiger partial charge on any atom is -0.493 e. The van der Waals surface area contributed by atoms with E-state index in [1.165, 1.54) is 4.90 Å². The zero-order valence-electron chi connectivity index (χ0n) is 17.1. The molecule has 1 N–H and O–H groups in total. The van der Waals surface area contributed by atoms with Crippen molar-refractivity contribution in [1.29, 1.82) is 0 Å². The Kier molecular flexibility index (Phi) is 4.48. The molecule has 0 aliphatic carbocycles. The Morgan fingerprint density at radius 3 is 2.84 bits per heavy atom. The summed E-state index contributed by atoms with van der Waals surface area (Å²) in [5.41, 5.74) is 0.0104. The van der Waals surface area contributed by atoms with Crippen LogP contribution in [0.2, 0.25) is 5.02 Å². The molecule has 2 amide bonds. The predicted octanol–water partition coefficient (Wildman–Crippen LogP) is 3.44. The minimum atomic E-state index is -1.47. The molecule has 4 atom stereocenters. The summed E-state index contributed by atoms with van der Waals surface area (Å²) in [6, 6.07) is 11.5. The van der Waals surface area contributed by atoms with Crippen LogP contribution in [0, 0.1) is 11.8 Å². The quantitative estimate of drug-likeness (QED) is 0.723. The number of benzene rings is 2. The summed E-state index contributed by atoms with van der Waals surface area (Å²) < 4.78 is 11.3. The van der Waals surface area contributed by atoms with E-state index in [1.54, 1.807) is 56.3 Å². The van der Waals surface area contributed by atoms with Crippen LogP contribution in [0.3, 0.4) is 0 Å². The van der Waals surface area contributed by atoms with Crippen molar-refractivity contribution in [1.82, 2.24) is 4.90 Å². The third kappa shape index (κ3) is 2.69. The molecule has 0 spiro atoms. The second-order valence-corrected chi connectivity index (χ2v) is 8.59. The van der Waals surface area contributed by atoms with Crippen LogP contribution in [-0.2, 0) is 14.3 Å². The molecule has 1 fully saturated rings. The lowest BCUT2D eigenvalue weighted by Crippen LogP contribution is -2.57. The fourth-order valence-corrected chi connectivity index (χ4v) is 5.42. The second-order valence-electron chi connectivity index (χ2n) is 8.15. The Bertz CT molecular complexity index is 1120. The molecule has 0 aromatic heterocycles. The van der Waals surface area contributed by atoms with Gasteiger partial charge in [-0.2, -0.15) is 0 Å². The first-order chi connectivity index (χ1) is 14.9. The first-order valence-corrected chi connectivity index (χ1v) is 10.6. The van der Waals surface area contributed by atoms with E-state index in [0.29, 0.717) is 27.6 Å². The number of hydrogen-bond acceptors (Lipinski definition) is 5. The number of ether oxygens (including phenoxy) is 2. The monoisotopic (exact) mass is 440 g/mol. The Labute approximate surface area is 184 Å². The van der Waals surface area contributed by atoms with Crippen LogP contribution in [0.25, 0.3) is 0 Å².